The zero-order valence-electron chi connectivity index (χ0n) is 11.1. The number of nitrogens with zero attached hydrogens (tertiary/aromatic N) is 2. The van der Waals surface area contributed by atoms with Gasteiger partial charge in [-0.25, -0.2) is 0 Å². The lowest BCUT2D eigenvalue weighted by atomic mass is 10.2. The van der Waals surface area contributed by atoms with Crippen LogP contribution < -0.4 is 5.56 Å². The molecule has 0 saturated carbocycles. The van der Waals surface area contributed by atoms with Crippen LogP contribution in [0.4, 0.5) is 0 Å². The van der Waals surface area contributed by atoms with E-state index in [1.54, 1.807) is 22.9 Å². The van der Waals surface area contributed by atoms with E-state index in [9.17, 15) is 9.90 Å². The van der Waals surface area contributed by atoms with Crippen molar-refractivity contribution in [2.24, 2.45) is 0 Å². The van der Waals surface area contributed by atoms with Gasteiger partial charge in [0.15, 0.2) is 0 Å². The molecule has 1 aromatic carbocycles. The number of aliphatic hydroxyl groups excluding tert-OH is 1. The van der Waals surface area contributed by atoms with Crippen LogP contribution in [0.15, 0.2) is 59.7 Å². The van der Waals surface area contributed by atoms with Crippen molar-refractivity contribution in [1.82, 2.24) is 9.13 Å². The first kappa shape index (κ1) is 12.7. The van der Waals surface area contributed by atoms with E-state index in [-0.39, 0.29) is 12.2 Å². The molecule has 102 valence electrons. The number of pyridine rings is 1. The Kier molecular flexibility index (Phi) is 3.39. The minimum absolute atomic E-state index is 0.0139. The number of hydrogen-bond acceptors (Lipinski definition) is 2. The molecule has 4 nitrogen and oxygen atoms in total. The van der Waals surface area contributed by atoms with Crippen molar-refractivity contribution < 1.29 is 5.11 Å². The summed E-state index contributed by atoms with van der Waals surface area (Å²) >= 11 is 0. The molecule has 2 heterocycles. The lowest BCUT2D eigenvalue weighted by molar-refractivity contribution is 0.282. The van der Waals surface area contributed by atoms with Gasteiger partial charge in [-0.3, -0.25) is 4.79 Å². The largest absolute Gasteiger partial charge is 0.392 e. The molecule has 0 amide bonds. The summed E-state index contributed by atoms with van der Waals surface area (Å²) in [6.45, 7) is 1.40. The second kappa shape index (κ2) is 5.35. The van der Waals surface area contributed by atoms with Crippen molar-refractivity contribution in [1.29, 1.82) is 0 Å². The van der Waals surface area contributed by atoms with Gasteiger partial charge in [-0.1, -0.05) is 18.2 Å². The number of aliphatic hydroxyl groups is 1. The molecule has 0 aliphatic heterocycles. The van der Waals surface area contributed by atoms with E-state index in [1.807, 2.05) is 36.5 Å². The van der Waals surface area contributed by atoms with Crippen molar-refractivity contribution >= 4 is 10.9 Å². The zero-order chi connectivity index (χ0) is 13.9. The lowest BCUT2D eigenvalue weighted by Gasteiger charge is -2.08. The Labute approximate surface area is 116 Å². The molecule has 0 spiro atoms. The Morgan fingerprint density at radius 3 is 2.60 bits per heavy atom. The molecule has 2 aromatic heterocycles. The Bertz CT molecular complexity index is 786. The molecule has 1 N–H and O–H groups in total. The van der Waals surface area contributed by atoms with Gasteiger partial charge in [0.25, 0.3) is 5.56 Å². The topological polar surface area (TPSA) is 47.2 Å². The van der Waals surface area contributed by atoms with Gasteiger partial charge in [-0.15, -0.1) is 0 Å². The Morgan fingerprint density at radius 1 is 0.950 bits per heavy atom. The summed E-state index contributed by atoms with van der Waals surface area (Å²) < 4.78 is 3.80. The fraction of sp³-hybridized carbons (Fsp3) is 0.188. The fourth-order valence-corrected chi connectivity index (χ4v) is 2.38. The summed E-state index contributed by atoms with van der Waals surface area (Å²) in [5.74, 6) is 0. The molecule has 0 fully saturated rings. The molecule has 0 aliphatic carbocycles. The first-order chi connectivity index (χ1) is 9.78. The first-order valence-corrected chi connectivity index (χ1v) is 6.62. The van der Waals surface area contributed by atoms with E-state index in [1.165, 1.54) is 0 Å². The summed E-state index contributed by atoms with van der Waals surface area (Å²) in [6.07, 6.45) is 3.81. The van der Waals surface area contributed by atoms with Gasteiger partial charge < -0.3 is 14.2 Å². The van der Waals surface area contributed by atoms with E-state index in [2.05, 4.69) is 4.57 Å². The van der Waals surface area contributed by atoms with Crippen LogP contribution in [0.2, 0.25) is 0 Å². The van der Waals surface area contributed by atoms with Crippen LogP contribution in [-0.4, -0.2) is 14.2 Å². The van der Waals surface area contributed by atoms with Crippen LogP contribution in [0.5, 0.6) is 0 Å². The van der Waals surface area contributed by atoms with Gasteiger partial charge in [0, 0.05) is 37.1 Å². The molecular formula is C16H16N2O2. The van der Waals surface area contributed by atoms with Crippen molar-refractivity contribution in [3.05, 3.63) is 70.8 Å². The van der Waals surface area contributed by atoms with Gasteiger partial charge in [0.1, 0.15) is 0 Å². The third-order valence-electron chi connectivity index (χ3n) is 3.50. The highest BCUT2D eigenvalue weighted by molar-refractivity contribution is 5.80. The number of aromatic nitrogens is 2. The first-order valence-electron chi connectivity index (χ1n) is 6.62. The molecule has 0 unspecified atom stereocenters. The number of fused-ring (bicyclic) bond motifs is 1. The average molecular weight is 268 g/mol. The SMILES string of the molecule is O=c1ccccn1CCn1ccc2ccc(CO)cc21. The number of aryl methyl sites for hydroxylation is 2. The van der Waals surface area contributed by atoms with Crippen molar-refractivity contribution in [2.45, 2.75) is 19.7 Å². The minimum Gasteiger partial charge on any atom is -0.392 e. The summed E-state index contributed by atoms with van der Waals surface area (Å²) in [5.41, 5.74) is 2.00. The molecule has 4 heteroatoms. The van der Waals surface area contributed by atoms with E-state index in [0.29, 0.717) is 6.54 Å². The van der Waals surface area contributed by atoms with E-state index in [4.69, 9.17) is 0 Å². The summed E-state index contributed by atoms with van der Waals surface area (Å²) in [7, 11) is 0. The molecule has 20 heavy (non-hydrogen) atoms. The fourth-order valence-electron chi connectivity index (χ4n) is 2.38. The van der Waals surface area contributed by atoms with Gasteiger partial charge in [-0.05, 0) is 29.1 Å². The molecular weight excluding hydrogens is 252 g/mol. The summed E-state index contributed by atoms with van der Waals surface area (Å²) in [4.78, 5) is 11.7. The Hall–Kier alpha value is -2.33. The predicted molar refractivity (Wildman–Crippen MR) is 78.6 cm³/mol. The Balaban J connectivity index is 1.88. The summed E-state index contributed by atoms with van der Waals surface area (Å²) in [6, 6.07) is 13.1. The number of benzene rings is 1. The van der Waals surface area contributed by atoms with E-state index in [0.717, 1.165) is 23.0 Å². The molecule has 0 bridgehead atoms. The van der Waals surface area contributed by atoms with E-state index < -0.39 is 0 Å². The van der Waals surface area contributed by atoms with Crippen molar-refractivity contribution in [2.75, 3.05) is 0 Å². The Morgan fingerprint density at radius 2 is 1.80 bits per heavy atom. The second-order valence-electron chi connectivity index (χ2n) is 4.79. The average Bonchev–Trinajstić information content (AvgIpc) is 2.88. The highest BCUT2D eigenvalue weighted by Crippen LogP contribution is 2.17. The maximum atomic E-state index is 11.7. The highest BCUT2D eigenvalue weighted by atomic mass is 16.3. The minimum atomic E-state index is 0.0139. The number of hydrogen-bond donors (Lipinski definition) is 1. The molecule has 3 aromatic rings. The van der Waals surface area contributed by atoms with Crippen LogP contribution in [0.1, 0.15) is 5.56 Å². The maximum Gasteiger partial charge on any atom is 0.250 e. The third-order valence-corrected chi connectivity index (χ3v) is 3.50. The molecule has 0 radical (unpaired) electrons. The van der Waals surface area contributed by atoms with E-state index >= 15 is 0 Å². The van der Waals surface area contributed by atoms with Gasteiger partial charge >= 0.3 is 0 Å². The van der Waals surface area contributed by atoms with Gasteiger partial charge in [-0.2, -0.15) is 0 Å². The van der Waals surface area contributed by atoms with Crippen LogP contribution in [0.3, 0.4) is 0 Å². The lowest BCUT2D eigenvalue weighted by Crippen LogP contribution is -2.20. The summed E-state index contributed by atoms with van der Waals surface area (Å²) in [5, 5.41) is 10.4. The highest BCUT2D eigenvalue weighted by Gasteiger charge is 2.03. The smallest absolute Gasteiger partial charge is 0.250 e. The second-order valence-corrected chi connectivity index (χ2v) is 4.79. The van der Waals surface area contributed by atoms with Crippen LogP contribution in [0, 0.1) is 0 Å². The van der Waals surface area contributed by atoms with Crippen LogP contribution >= 0.6 is 0 Å². The van der Waals surface area contributed by atoms with Gasteiger partial charge in [0.05, 0.1) is 6.61 Å². The van der Waals surface area contributed by atoms with Crippen LogP contribution in [0.25, 0.3) is 10.9 Å². The van der Waals surface area contributed by atoms with Gasteiger partial charge in [0.2, 0.25) is 0 Å². The number of rotatable bonds is 4. The van der Waals surface area contributed by atoms with Crippen LogP contribution in [-0.2, 0) is 19.7 Å². The maximum absolute atomic E-state index is 11.7. The quantitative estimate of drug-likeness (QED) is 0.786. The molecule has 3 rings (SSSR count). The zero-order valence-corrected chi connectivity index (χ0v) is 11.1. The van der Waals surface area contributed by atoms with Crippen molar-refractivity contribution in [3.8, 4) is 0 Å². The molecule has 0 aliphatic rings. The third kappa shape index (κ3) is 2.38. The standard InChI is InChI=1S/C16H16N2O2/c19-12-13-4-5-14-6-8-17(15(14)11-13)9-10-18-7-2-1-3-16(18)20/h1-8,11,19H,9-10,12H2. The molecule has 0 atom stereocenters. The monoisotopic (exact) mass is 268 g/mol. The predicted octanol–water partition coefficient (Wildman–Crippen LogP) is 2.00. The molecule has 0 saturated heterocycles. The normalized spacial score (nSPS) is 11.1. The van der Waals surface area contributed by atoms with Crippen molar-refractivity contribution in [3.63, 3.8) is 0 Å².